The largest absolute Gasteiger partial charge is 0.352 e. The number of anilines is 1. The van der Waals surface area contributed by atoms with Crippen LogP contribution < -0.4 is 9.62 Å². The van der Waals surface area contributed by atoms with E-state index in [4.69, 9.17) is 34.8 Å². The van der Waals surface area contributed by atoms with Crippen molar-refractivity contribution < 1.29 is 18.0 Å². The summed E-state index contributed by atoms with van der Waals surface area (Å²) in [5.74, 6) is -0.908. The summed E-state index contributed by atoms with van der Waals surface area (Å²) in [4.78, 5) is 29.1. The molecule has 0 aliphatic carbocycles. The Labute approximate surface area is 251 Å². The second kappa shape index (κ2) is 14.2. The molecule has 0 unspecified atom stereocenters. The number of halogens is 3. The van der Waals surface area contributed by atoms with Gasteiger partial charge in [0.1, 0.15) is 12.6 Å². The molecule has 40 heavy (non-hydrogen) atoms. The number of carbonyl (C=O) groups is 2. The highest BCUT2D eigenvalue weighted by molar-refractivity contribution is 7.92. The van der Waals surface area contributed by atoms with Gasteiger partial charge >= 0.3 is 0 Å². The van der Waals surface area contributed by atoms with Gasteiger partial charge in [-0.1, -0.05) is 84.2 Å². The van der Waals surface area contributed by atoms with Crippen LogP contribution in [0.1, 0.15) is 31.4 Å². The first kappa shape index (κ1) is 31.7. The molecule has 11 heteroatoms. The number of amides is 2. The minimum atomic E-state index is -3.94. The molecule has 0 heterocycles. The van der Waals surface area contributed by atoms with Crippen molar-refractivity contribution in [3.63, 3.8) is 0 Å². The fourth-order valence-corrected chi connectivity index (χ4v) is 5.55. The molecule has 0 saturated heterocycles. The van der Waals surface area contributed by atoms with Gasteiger partial charge in [-0.15, -0.1) is 0 Å². The van der Waals surface area contributed by atoms with E-state index in [-0.39, 0.29) is 40.6 Å². The fraction of sp³-hybridized carbons (Fsp3) is 0.310. The Morgan fingerprint density at radius 2 is 1.48 bits per heavy atom. The van der Waals surface area contributed by atoms with Gasteiger partial charge in [-0.3, -0.25) is 13.9 Å². The van der Waals surface area contributed by atoms with E-state index < -0.39 is 28.5 Å². The van der Waals surface area contributed by atoms with E-state index in [0.29, 0.717) is 11.4 Å². The van der Waals surface area contributed by atoms with E-state index in [0.717, 1.165) is 21.7 Å². The van der Waals surface area contributed by atoms with Crippen LogP contribution in [-0.2, 0) is 32.6 Å². The molecule has 0 aliphatic rings. The van der Waals surface area contributed by atoms with Gasteiger partial charge in [0.15, 0.2) is 0 Å². The van der Waals surface area contributed by atoms with Crippen molar-refractivity contribution in [2.45, 2.75) is 45.3 Å². The summed E-state index contributed by atoms with van der Waals surface area (Å²) >= 11 is 18.4. The minimum absolute atomic E-state index is 0.0509. The molecule has 0 spiro atoms. The van der Waals surface area contributed by atoms with Crippen LogP contribution in [0, 0.1) is 0 Å². The number of sulfonamides is 1. The molecule has 0 fully saturated rings. The minimum Gasteiger partial charge on any atom is -0.352 e. The van der Waals surface area contributed by atoms with Crippen LogP contribution >= 0.6 is 34.8 Å². The standard InChI is InChI=1S/C29H32Cl3N3O4S/c1-4-20(2)33-29(37)27(14-21-8-6-5-7-9-21)34(18-22-10-12-23(30)13-11-22)28(36)19-35(40(3,38)39)26-16-24(31)15-25(32)17-26/h5-13,15-17,20,27H,4,14,18-19H2,1-3H3,(H,33,37)/t20-,27-/m0/s1. The lowest BCUT2D eigenvalue weighted by Crippen LogP contribution is -2.54. The molecule has 0 bridgehead atoms. The van der Waals surface area contributed by atoms with Crippen molar-refractivity contribution in [2.75, 3.05) is 17.1 Å². The average Bonchev–Trinajstić information content (AvgIpc) is 2.89. The van der Waals surface area contributed by atoms with Gasteiger partial charge in [0.25, 0.3) is 0 Å². The lowest BCUT2D eigenvalue weighted by Gasteiger charge is -2.34. The highest BCUT2D eigenvalue weighted by Gasteiger charge is 2.33. The number of rotatable bonds is 12. The van der Waals surface area contributed by atoms with E-state index in [2.05, 4.69) is 5.32 Å². The molecule has 0 aliphatic heterocycles. The van der Waals surface area contributed by atoms with Gasteiger partial charge in [-0.25, -0.2) is 8.42 Å². The maximum Gasteiger partial charge on any atom is 0.244 e. The zero-order valence-corrected chi connectivity index (χ0v) is 25.6. The summed E-state index contributed by atoms with van der Waals surface area (Å²) in [5, 5.41) is 3.95. The van der Waals surface area contributed by atoms with Crippen LogP contribution in [0.15, 0.2) is 72.8 Å². The summed E-state index contributed by atoms with van der Waals surface area (Å²) in [6, 6.07) is 19.5. The quantitative estimate of drug-likeness (QED) is 0.269. The number of benzene rings is 3. The smallest absolute Gasteiger partial charge is 0.244 e. The van der Waals surface area contributed by atoms with Crippen LogP contribution in [0.3, 0.4) is 0 Å². The first-order valence-corrected chi connectivity index (χ1v) is 15.7. The first-order chi connectivity index (χ1) is 18.9. The molecule has 3 aromatic carbocycles. The second-order valence-electron chi connectivity index (χ2n) is 9.57. The van der Waals surface area contributed by atoms with Crippen LogP contribution in [0.2, 0.25) is 15.1 Å². The SMILES string of the molecule is CC[C@H](C)NC(=O)[C@H](Cc1ccccc1)N(Cc1ccc(Cl)cc1)C(=O)CN(c1cc(Cl)cc(Cl)c1)S(C)(=O)=O. The molecule has 0 aromatic heterocycles. The van der Waals surface area contributed by atoms with E-state index >= 15 is 0 Å². The van der Waals surface area contributed by atoms with Gasteiger partial charge in [-0.05, 0) is 54.8 Å². The lowest BCUT2D eigenvalue weighted by atomic mass is 10.0. The number of carbonyl (C=O) groups excluding carboxylic acids is 2. The fourth-order valence-electron chi connectivity index (χ4n) is 4.08. The molecule has 1 N–H and O–H groups in total. The molecule has 7 nitrogen and oxygen atoms in total. The van der Waals surface area contributed by atoms with Crippen LogP contribution in [0.25, 0.3) is 0 Å². The third kappa shape index (κ3) is 9.13. The van der Waals surface area contributed by atoms with Crippen molar-refractivity contribution >= 4 is 62.3 Å². The molecule has 2 atom stereocenters. The molecule has 0 radical (unpaired) electrons. The third-order valence-electron chi connectivity index (χ3n) is 6.35. The van der Waals surface area contributed by atoms with Gasteiger partial charge in [0.05, 0.1) is 11.9 Å². The Balaban J connectivity index is 2.07. The van der Waals surface area contributed by atoms with Gasteiger partial charge < -0.3 is 10.2 Å². The Bertz CT molecular complexity index is 1400. The predicted octanol–water partition coefficient (Wildman–Crippen LogP) is 5.97. The van der Waals surface area contributed by atoms with E-state index in [1.165, 1.54) is 23.1 Å². The summed E-state index contributed by atoms with van der Waals surface area (Å²) in [6.45, 7) is 3.32. The van der Waals surface area contributed by atoms with Gasteiger partial charge in [0.2, 0.25) is 21.8 Å². The summed E-state index contributed by atoms with van der Waals surface area (Å²) < 4.78 is 26.7. The number of hydrogen-bond acceptors (Lipinski definition) is 4. The Hall–Kier alpha value is -2.78. The first-order valence-electron chi connectivity index (χ1n) is 12.7. The molecule has 3 aromatic rings. The molecule has 2 amide bonds. The number of nitrogens with one attached hydrogen (secondary N) is 1. The predicted molar refractivity (Wildman–Crippen MR) is 162 cm³/mol. The molecule has 0 saturated carbocycles. The Kier molecular flexibility index (Phi) is 11.3. The average molecular weight is 625 g/mol. The maximum atomic E-state index is 14.1. The molecule has 214 valence electrons. The van der Waals surface area contributed by atoms with Crippen molar-refractivity contribution in [2.24, 2.45) is 0 Å². The van der Waals surface area contributed by atoms with Crippen LogP contribution in [0.5, 0.6) is 0 Å². The summed E-state index contributed by atoms with van der Waals surface area (Å²) in [7, 11) is -3.94. The van der Waals surface area contributed by atoms with Crippen molar-refractivity contribution in [3.05, 3.63) is 99.0 Å². The zero-order chi connectivity index (χ0) is 29.4. The van der Waals surface area contributed by atoms with Crippen molar-refractivity contribution in [1.29, 1.82) is 0 Å². The second-order valence-corrected chi connectivity index (χ2v) is 12.8. The molecular weight excluding hydrogens is 593 g/mol. The number of nitrogens with zero attached hydrogens (tertiary/aromatic N) is 2. The summed E-state index contributed by atoms with van der Waals surface area (Å²) in [5.41, 5.74) is 1.72. The Morgan fingerprint density at radius 3 is 2.02 bits per heavy atom. The molecular formula is C29H32Cl3N3O4S. The topological polar surface area (TPSA) is 86.8 Å². The van der Waals surface area contributed by atoms with E-state index in [9.17, 15) is 18.0 Å². The lowest BCUT2D eigenvalue weighted by molar-refractivity contribution is -0.140. The Morgan fingerprint density at radius 1 is 0.875 bits per heavy atom. The van der Waals surface area contributed by atoms with Crippen LogP contribution in [-0.4, -0.2) is 50.0 Å². The van der Waals surface area contributed by atoms with Gasteiger partial charge in [0, 0.05) is 34.1 Å². The van der Waals surface area contributed by atoms with Crippen molar-refractivity contribution in [3.8, 4) is 0 Å². The monoisotopic (exact) mass is 623 g/mol. The van der Waals surface area contributed by atoms with Gasteiger partial charge in [-0.2, -0.15) is 0 Å². The van der Waals surface area contributed by atoms with Crippen molar-refractivity contribution in [1.82, 2.24) is 10.2 Å². The van der Waals surface area contributed by atoms with Crippen LogP contribution in [0.4, 0.5) is 5.69 Å². The highest BCUT2D eigenvalue weighted by atomic mass is 35.5. The van der Waals surface area contributed by atoms with E-state index in [1.807, 2.05) is 44.2 Å². The third-order valence-corrected chi connectivity index (χ3v) is 8.18. The highest BCUT2D eigenvalue weighted by Crippen LogP contribution is 2.27. The zero-order valence-electron chi connectivity index (χ0n) is 22.5. The summed E-state index contributed by atoms with van der Waals surface area (Å²) in [6.07, 6.45) is 1.92. The maximum absolute atomic E-state index is 14.1. The molecule has 3 rings (SSSR count). The normalized spacial score (nSPS) is 12.8. The van der Waals surface area contributed by atoms with E-state index in [1.54, 1.807) is 24.3 Å². The number of hydrogen-bond donors (Lipinski definition) is 1.